The first-order valence-corrected chi connectivity index (χ1v) is 7.92. The zero-order chi connectivity index (χ0) is 15.6. The highest BCUT2D eigenvalue weighted by Crippen LogP contribution is 2.24. The van der Waals surface area contributed by atoms with Crippen molar-refractivity contribution in [3.05, 3.63) is 46.6 Å². The lowest BCUT2D eigenvalue weighted by molar-refractivity contribution is 0.601. The summed E-state index contributed by atoms with van der Waals surface area (Å²) >= 11 is 5.89. The molecule has 0 radical (unpaired) electrons. The zero-order valence-electron chi connectivity index (χ0n) is 11.5. The maximum Gasteiger partial charge on any atom is 0.263 e. The van der Waals surface area contributed by atoms with Crippen LogP contribution < -0.4 is 16.0 Å². The van der Waals surface area contributed by atoms with Gasteiger partial charge < -0.3 is 5.43 Å². The second kappa shape index (κ2) is 5.88. The number of nitrogens with one attached hydrogen (secondary N) is 2. The quantitative estimate of drug-likeness (QED) is 0.592. The number of pyridine rings is 1. The molecule has 21 heavy (non-hydrogen) atoms. The molecule has 8 heteroatoms. The third-order valence-corrected chi connectivity index (χ3v) is 4.51. The average Bonchev–Trinajstić information content (AvgIpc) is 2.42. The SMILES string of the molecule is Cc1ccc(NS(=O)(=O)c2cnc(NN)c(Cl)c2)c(C)c1. The number of aromatic nitrogens is 1. The predicted molar refractivity (Wildman–Crippen MR) is 83.8 cm³/mol. The molecule has 0 aliphatic rings. The van der Waals surface area contributed by atoms with Crippen LogP contribution in [0, 0.1) is 13.8 Å². The van der Waals surface area contributed by atoms with Gasteiger partial charge in [0.05, 0.1) is 10.7 Å². The summed E-state index contributed by atoms with van der Waals surface area (Å²) in [6.45, 7) is 3.77. The third kappa shape index (κ3) is 3.44. The normalized spacial score (nSPS) is 11.2. The van der Waals surface area contributed by atoms with E-state index in [1.54, 1.807) is 6.07 Å². The Balaban J connectivity index is 2.36. The van der Waals surface area contributed by atoms with Crippen LogP contribution in [-0.4, -0.2) is 13.4 Å². The molecule has 0 aliphatic carbocycles. The molecule has 0 atom stereocenters. The van der Waals surface area contributed by atoms with Gasteiger partial charge in [0, 0.05) is 6.20 Å². The summed E-state index contributed by atoms with van der Waals surface area (Å²) in [5.41, 5.74) is 4.68. The number of rotatable bonds is 4. The summed E-state index contributed by atoms with van der Waals surface area (Å²) in [4.78, 5) is 3.82. The van der Waals surface area contributed by atoms with Crippen molar-refractivity contribution in [1.29, 1.82) is 0 Å². The Hall–Kier alpha value is -1.83. The number of sulfonamides is 1. The lowest BCUT2D eigenvalue weighted by atomic mass is 10.1. The van der Waals surface area contributed by atoms with Crippen LogP contribution in [0.5, 0.6) is 0 Å². The monoisotopic (exact) mass is 326 g/mol. The summed E-state index contributed by atoms with van der Waals surface area (Å²) < 4.78 is 27.2. The number of halogens is 1. The van der Waals surface area contributed by atoms with Crippen molar-refractivity contribution in [1.82, 2.24) is 4.98 Å². The number of nitrogens with two attached hydrogens (primary N) is 1. The van der Waals surface area contributed by atoms with Gasteiger partial charge in [0.15, 0.2) is 5.82 Å². The molecule has 1 heterocycles. The van der Waals surface area contributed by atoms with Crippen LogP contribution in [0.4, 0.5) is 11.5 Å². The van der Waals surface area contributed by atoms with Gasteiger partial charge in [0.1, 0.15) is 4.90 Å². The molecule has 0 aliphatic heterocycles. The van der Waals surface area contributed by atoms with E-state index >= 15 is 0 Å². The van der Waals surface area contributed by atoms with Gasteiger partial charge in [0.25, 0.3) is 10.0 Å². The second-order valence-electron chi connectivity index (χ2n) is 4.57. The van der Waals surface area contributed by atoms with E-state index in [0.29, 0.717) is 5.69 Å². The largest absolute Gasteiger partial charge is 0.307 e. The smallest absolute Gasteiger partial charge is 0.263 e. The Morgan fingerprint density at radius 3 is 2.52 bits per heavy atom. The van der Waals surface area contributed by atoms with Gasteiger partial charge in [-0.3, -0.25) is 4.72 Å². The van der Waals surface area contributed by atoms with E-state index in [9.17, 15) is 8.42 Å². The number of anilines is 2. The minimum atomic E-state index is -3.76. The standard InChI is InChI=1S/C13H15ClN4O2S/c1-8-3-4-12(9(2)5-8)18-21(19,20)10-6-11(14)13(17-15)16-7-10/h3-7,18H,15H2,1-2H3,(H,16,17). The number of hydrogen-bond donors (Lipinski definition) is 3. The number of nitrogens with zero attached hydrogens (tertiary/aromatic N) is 1. The third-order valence-electron chi connectivity index (χ3n) is 2.89. The zero-order valence-corrected chi connectivity index (χ0v) is 13.1. The highest BCUT2D eigenvalue weighted by molar-refractivity contribution is 7.92. The van der Waals surface area contributed by atoms with Gasteiger partial charge in [-0.15, -0.1) is 0 Å². The number of hydrogen-bond acceptors (Lipinski definition) is 5. The fraction of sp³-hybridized carbons (Fsp3) is 0.154. The first-order valence-electron chi connectivity index (χ1n) is 6.06. The molecular formula is C13H15ClN4O2S. The first kappa shape index (κ1) is 15.6. The van der Waals surface area contributed by atoms with Crippen molar-refractivity contribution in [2.24, 2.45) is 5.84 Å². The van der Waals surface area contributed by atoms with Gasteiger partial charge in [-0.05, 0) is 31.5 Å². The van der Waals surface area contributed by atoms with E-state index in [1.165, 1.54) is 12.3 Å². The Morgan fingerprint density at radius 1 is 1.24 bits per heavy atom. The van der Waals surface area contributed by atoms with Crippen molar-refractivity contribution in [2.45, 2.75) is 18.7 Å². The molecule has 0 amide bonds. The van der Waals surface area contributed by atoms with E-state index in [2.05, 4.69) is 15.1 Å². The molecule has 1 aromatic carbocycles. The fourth-order valence-corrected chi connectivity index (χ4v) is 3.19. The number of aryl methyl sites for hydroxylation is 2. The molecule has 4 N–H and O–H groups in total. The molecule has 0 fully saturated rings. The molecule has 1 aromatic heterocycles. The molecule has 0 unspecified atom stereocenters. The lowest BCUT2D eigenvalue weighted by Gasteiger charge is -2.12. The Morgan fingerprint density at radius 2 is 1.95 bits per heavy atom. The summed E-state index contributed by atoms with van der Waals surface area (Å²) in [6, 6.07) is 6.73. The van der Waals surface area contributed by atoms with E-state index in [0.717, 1.165) is 11.1 Å². The van der Waals surface area contributed by atoms with Crippen molar-refractivity contribution < 1.29 is 8.42 Å². The average molecular weight is 327 g/mol. The van der Waals surface area contributed by atoms with Crippen LogP contribution in [-0.2, 0) is 10.0 Å². The predicted octanol–water partition coefficient (Wildman–Crippen LogP) is 2.44. The number of hydrazine groups is 1. The molecule has 0 saturated heterocycles. The van der Waals surface area contributed by atoms with Crippen LogP contribution in [0.15, 0.2) is 35.4 Å². The number of benzene rings is 1. The van der Waals surface area contributed by atoms with Gasteiger partial charge >= 0.3 is 0 Å². The number of nitrogen functional groups attached to an aromatic ring is 1. The Labute approximate surface area is 128 Å². The Kier molecular flexibility index (Phi) is 4.36. The minimum absolute atomic E-state index is 0.0357. The minimum Gasteiger partial charge on any atom is -0.307 e. The van der Waals surface area contributed by atoms with Crippen LogP contribution in [0.2, 0.25) is 5.02 Å². The molecule has 0 spiro atoms. The molecule has 2 rings (SSSR count). The van der Waals surface area contributed by atoms with E-state index in [-0.39, 0.29) is 15.7 Å². The van der Waals surface area contributed by atoms with Gasteiger partial charge in [-0.1, -0.05) is 29.3 Å². The van der Waals surface area contributed by atoms with Crippen LogP contribution >= 0.6 is 11.6 Å². The van der Waals surface area contributed by atoms with E-state index in [1.807, 2.05) is 26.0 Å². The summed E-state index contributed by atoms with van der Waals surface area (Å²) in [7, 11) is -3.76. The molecule has 0 bridgehead atoms. The van der Waals surface area contributed by atoms with Gasteiger partial charge in [0.2, 0.25) is 0 Å². The summed E-state index contributed by atoms with van der Waals surface area (Å²) in [5.74, 6) is 5.42. The highest BCUT2D eigenvalue weighted by Gasteiger charge is 2.17. The maximum absolute atomic E-state index is 12.3. The van der Waals surface area contributed by atoms with Crippen molar-refractivity contribution in [3.8, 4) is 0 Å². The van der Waals surface area contributed by atoms with Crippen LogP contribution in [0.1, 0.15) is 11.1 Å². The Bertz CT molecular complexity index is 778. The van der Waals surface area contributed by atoms with Gasteiger partial charge in [-0.25, -0.2) is 19.2 Å². The van der Waals surface area contributed by atoms with Gasteiger partial charge in [-0.2, -0.15) is 0 Å². The van der Waals surface area contributed by atoms with Crippen molar-refractivity contribution >= 4 is 33.1 Å². The second-order valence-corrected chi connectivity index (χ2v) is 6.66. The summed E-state index contributed by atoms with van der Waals surface area (Å²) in [6.07, 6.45) is 1.19. The molecule has 6 nitrogen and oxygen atoms in total. The van der Waals surface area contributed by atoms with Crippen molar-refractivity contribution in [2.75, 3.05) is 10.1 Å². The fourth-order valence-electron chi connectivity index (χ4n) is 1.81. The highest BCUT2D eigenvalue weighted by atomic mass is 35.5. The van der Waals surface area contributed by atoms with Crippen LogP contribution in [0.25, 0.3) is 0 Å². The molecule has 112 valence electrons. The van der Waals surface area contributed by atoms with E-state index < -0.39 is 10.0 Å². The topological polar surface area (TPSA) is 97.1 Å². The van der Waals surface area contributed by atoms with Crippen LogP contribution in [0.3, 0.4) is 0 Å². The van der Waals surface area contributed by atoms with E-state index in [4.69, 9.17) is 17.4 Å². The first-order chi connectivity index (χ1) is 9.83. The molecule has 2 aromatic rings. The maximum atomic E-state index is 12.3. The molecule has 0 saturated carbocycles. The summed E-state index contributed by atoms with van der Waals surface area (Å²) in [5, 5.41) is 0.126. The van der Waals surface area contributed by atoms with Crippen molar-refractivity contribution in [3.63, 3.8) is 0 Å². The molecular weight excluding hydrogens is 312 g/mol. The lowest BCUT2D eigenvalue weighted by Crippen LogP contribution is -2.15.